The monoisotopic (exact) mass is 252 g/mol. The molecule has 0 N–H and O–H groups in total. The van der Waals surface area contributed by atoms with E-state index in [1.165, 1.54) is 19.2 Å². The third-order valence-electron chi connectivity index (χ3n) is 2.61. The molecule has 0 aliphatic rings. The molecule has 0 unspecified atom stereocenters. The predicted octanol–water partition coefficient (Wildman–Crippen LogP) is 4.38. The van der Waals surface area contributed by atoms with Crippen molar-refractivity contribution in [2.24, 2.45) is 0 Å². The summed E-state index contributed by atoms with van der Waals surface area (Å²) in [4.78, 5) is 0. The standard InChI is InChI=1S/C14H11F3O/c1-18-12-9-5-8-11(14(15,16)17)13(12)10-6-3-2-4-7-10/h2-9H,1H3. The molecule has 0 atom stereocenters. The number of hydrogen-bond acceptors (Lipinski definition) is 1. The van der Waals surface area contributed by atoms with Gasteiger partial charge in [0.15, 0.2) is 0 Å². The van der Waals surface area contributed by atoms with Crippen LogP contribution in [0.15, 0.2) is 48.5 Å². The Bertz CT molecular complexity index is 532. The molecule has 0 amide bonds. The number of benzene rings is 2. The van der Waals surface area contributed by atoms with E-state index >= 15 is 0 Å². The van der Waals surface area contributed by atoms with Crippen molar-refractivity contribution >= 4 is 0 Å². The fourth-order valence-corrected chi connectivity index (χ4v) is 1.84. The van der Waals surface area contributed by atoms with Gasteiger partial charge in [0.1, 0.15) is 5.75 Å². The molecule has 0 heterocycles. The second kappa shape index (κ2) is 4.72. The minimum atomic E-state index is -4.40. The number of alkyl halides is 3. The molecule has 0 radical (unpaired) electrons. The molecule has 2 aromatic carbocycles. The smallest absolute Gasteiger partial charge is 0.417 e. The van der Waals surface area contributed by atoms with E-state index in [0.717, 1.165) is 6.07 Å². The van der Waals surface area contributed by atoms with Crippen LogP contribution in [0.5, 0.6) is 5.75 Å². The first-order valence-corrected chi connectivity index (χ1v) is 5.33. The summed E-state index contributed by atoms with van der Waals surface area (Å²) in [6.07, 6.45) is -4.40. The van der Waals surface area contributed by atoms with Crippen molar-refractivity contribution in [3.05, 3.63) is 54.1 Å². The Balaban J connectivity index is 2.70. The van der Waals surface area contributed by atoms with E-state index < -0.39 is 11.7 Å². The zero-order valence-corrected chi connectivity index (χ0v) is 9.66. The van der Waals surface area contributed by atoms with Crippen LogP contribution in [0.2, 0.25) is 0 Å². The SMILES string of the molecule is COc1cccc(C(F)(F)F)c1-c1ccccc1. The zero-order chi connectivity index (χ0) is 13.2. The van der Waals surface area contributed by atoms with Crippen molar-refractivity contribution in [2.75, 3.05) is 7.11 Å². The highest BCUT2D eigenvalue weighted by atomic mass is 19.4. The number of hydrogen-bond donors (Lipinski definition) is 0. The van der Waals surface area contributed by atoms with Gasteiger partial charge in [-0.15, -0.1) is 0 Å². The van der Waals surface area contributed by atoms with Crippen LogP contribution in [0.3, 0.4) is 0 Å². The number of halogens is 3. The van der Waals surface area contributed by atoms with Crippen LogP contribution < -0.4 is 4.74 Å². The van der Waals surface area contributed by atoms with Crippen LogP contribution in [-0.2, 0) is 6.18 Å². The molecule has 1 nitrogen and oxygen atoms in total. The summed E-state index contributed by atoms with van der Waals surface area (Å²) in [6.45, 7) is 0. The molecular weight excluding hydrogens is 241 g/mol. The van der Waals surface area contributed by atoms with Crippen LogP contribution in [0.1, 0.15) is 5.56 Å². The van der Waals surface area contributed by atoms with Gasteiger partial charge in [-0.3, -0.25) is 0 Å². The van der Waals surface area contributed by atoms with Crippen LogP contribution in [0.4, 0.5) is 13.2 Å². The Kier molecular flexibility index (Phi) is 3.28. The summed E-state index contributed by atoms with van der Waals surface area (Å²) >= 11 is 0. The number of ether oxygens (including phenoxy) is 1. The van der Waals surface area contributed by atoms with Crippen molar-refractivity contribution in [1.82, 2.24) is 0 Å². The lowest BCUT2D eigenvalue weighted by Crippen LogP contribution is -2.08. The van der Waals surface area contributed by atoms with E-state index in [4.69, 9.17) is 4.74 Å². The summed E-state index contributed by atoms with van der Waals surface area (Å²) in [6, 6.07) is 12.3. The highest BCUT2D eigenvalue weighted by molar-refractivity contribution is 5.74. The molecule has 0 bridgehead atoms. The van der Waals surface area contributed by atoms with E-state index in [0.29, 0.717) is 5.56 Å². The van der Waals surface area contributed by atoms with E-state index in [2.05, 4.69) is 0 Å². The normalized spacial score (nSPS) is 11.3. The molecule has 0 spiro atoms. The van der Waals surface area contributed by atoms with Gasteiger partial charge >= 0.3 is 6.18 Å². The molecule has 94 valence electrons. The van der Waals surface area contributed by atoms with Crippen molar-refractivity contribution in [1.29, 1.82) is 0 Å². The van der Waals surface area contributed by atoms with Crippen LogP contribution in [-0.4, -0.2) is 7.11 Å². The topological polar surface area (TPSA) is 9.23 Å². The van der Waals surface area contributed by atoms with Crippen molar-refractivity contribution in [3.8, 4) is 16.9 Å². The Morgan fingerprint density at radius 2 is 1.56 bits per heavy atom. The molecule has 0 saturated heterocycles. The zero-order valence-electron chi connectivity index (χ0n) is 9.66. The first-order valence-electron chi connectivity index (χ1n) is 5.33. The molecule has 2 aromatic rings. The highest BCUT2D eigenvalue weighted by Gasteiger charge is 2.34. The predicted molar refractivity (Wildman–Crippen MR) is 63.4 cm³/mol. The quantitative estimate of drug-likeness (QED) is 0.770. The third-order valence-corrected chi connectivity index (χ3v) is 2.61. The Hall–Kier alpha value is -1.97. The molecule has 0 aliphatic heterocycles. The second-order valence-electron chi connectivity index (χ2n) is 3.75. The second-order valence-corrected chi connectivity index (χ2v) is 3.75. The average molecular weight is 252 g/mol. The average Bonchev–Trinajstić information content (AvgIpc) is 2.38. The largest absolute Gasteiger partial charge is 0.496 e. The molecule has 0 fully saturated rings. The lowest BCUT2D eigenvalue weighted by Gasteiger charge is -2.16. The van der Waals surface area contributed by atoms with Crippen molar-refractivity contribution in [3.63, 3.8) is 0 Å². The molecule has 18 heavy (non-hydrogen) atoms. The summed E-state index contributed by atoms with van der Waals surface area (Å²) in [7, 11) is 1.36. The fraction of sp³-hybridized carbons (Fsp3) is 0.143. The number of rotatable bonds is 2. The molecule has 0 saturated carbocycles. The van der Waals surface area contributed by atoms with Gasteiger partial charge in [-0.25, -0.2) is 0 Å². The van der Waals surface area contributed by atoms with Gasteiger partial charge < -0.3 is 4.74 Å². The Morgan fingerprint density at radius 1 is 0.889 bits per heavy atom. The van der Waals surface area contributed by atoms with Gasteiger partial charge in [0.25, 0.3) is 0 Å². The Morgan fingerprint density at radius 3 is 2.11 bits per heavy atom. The molecule has 4 heteroatoms. The van der Waals surface area contributed by atoms with Gasteiger partial charge in [0.05, 0.1) is 12.7 Å². The van der Waals surface area contributed by atoms with Gasteiger partial charge in [-0.1, -0.05) is 36.4 Å². The van der Waals surface area contributed by atoms with Gasteiger partial charge in [-0.2, -0.15) is 13.2 Å². The minimum absolute atomic E-state index is 0.0769. The lowest BCUT2D eigenvalue weighted by molar-refractivity contribution is -0.137. The molecule has 0 aliphatic carbocycles. The summed E-state index contributed by atoms with van der Waals surface area (Å²) in [5, 5.41) is 0. The van der Waals surface area contributed by atoms with Gasteiger partial charge in [-0.05, 0) is 17.7 Å². The van der Waals surface area contributed by atoms with Crippen LogP contribution in [0, 0.1) is 0 Å². The third kappa shape index (κ3) is 2.32. The van der Waals surface area contributed by atoms with E-state index in [-0.39, 0.29) is 11.3 Å². The van der Waals surface area contributed by atoms with E-state index in [9.17, 15) is 13.2 Å². The summed E-state index contributed by atoms with van der Waals surface area (Å²) in [5.41, 5.74) is -0.122. The molecular formula is C14H11F3O. The van der Waals surface area contributed by atoms with Gasteiger partial charge in [0, 0.05) is 5.56 Å². The minimum Gasteiger partial charge on any atom is -0.496 e. The van der Waals surface area contributed by atoms with E-state index in [1.807, 2.05) is 0 Å². The van der Waals surface area contributed by atoms with E-state index in [1.54, 1.807) is 30.3 Å². The van der Waals surface area contributed by atoms with Crippen LogP contribution >= 0.6 is 0 Å². The van der Waals surface area contributed by atoms with Crippen molar-refractivity contribution < 1.29 is 17.9 Å². The van der Waals surface area contributed by atoms with Gasteiger partial charge in [0.2, 0.25) is 0 Å². The van der Waals surface area contributed by atoms with Crippen molar-refractivity contribution in [2.45, 2.75) is 6.18 Å². The summed E-state index contributed by atoms with van der Waals surface area (Å²) in [5.74, 6) is 0.219. The fourth-order valence-electron chi connectivity index (χ4n) is 1.84. The van der Waals surface area contributed by atoms with Crippen LogP contribution in [0.25, 0.3) is 11.1 Å². The highest BCUT2D eigenvalue weighted by Crippen LogP contribution is 2.41. The maximum atomic E-state index is 13.0. The maximum absolute atomic E-state index is 13.0. The molecule has 0 aromatic heterocycles. The first-order chi connectivity index (χ1) is 8.54. The first kappa shape index (κ1) is 12.5. The maximum Gasteiger partial charge on any atom is 0.417 e. The number of methoxy groups -OCH3 is 1. The molecule has 2 rings (SSSR count). The summed E-state index contributed by atoms with van der Waals surface area (Å²) < 4.78 is 44.0. The lowest BCUT2D eigenvalue weighted by atomic mass is 9.98. The Labute approximate surface area is 103 Å².